The molecule has 0 aliphatic heterocycles. The quantitative estimate of drug-likeness (QED) is 0.749. The average Bonchev–Trinajstić information content (AvgIpc) is 3.12. The number of hydrogen-bond donors (Lipinski definition) is 1. The average molecular weight is 343 g/mol. The first-order valence-corrected chi connectivity index (χ1v) is 9.08. The first-order valence-electron chi connectivity index (χ1n) is 8.13. The number of likely N-dealkylation sites (N-methyl/N-ethyl adjacent to an activating group) is 1. The highest BCUT2D eigenvalue weighted by atomic mass is 32.1. The molecule has 0 aliphatic rings. The van der Waals surface area contributed by atoms with Crippen LogP contribution in [0.3, 0.4) is 0 Å². The van der Waals surface area contributed by atoms with E-state index in [1.165, 1.54) is 4.57 Å². The highest BCUT2D eigenvalue weighted by Crippen LogP contribution is 2.24. The molecule has 0 fully saturated rings. The lowest BCUT2D eigenvalue weighted by atomic mass is 10.1. The van der Waals surface area contributed by atoms with E-state index < -0.39 is 0 Å². The lowest BCUT2D eigenvalue weighted by molar-refractivity contribution is 0.195. The molecule has 0 bridgehead atoms. The van der Waals surface area contributed by atoms with E-state index >= 15 is 0 Å². The standard InChI is InChI=1S/C18H21N3O2S/c1-3-20(4-2)16(13-9-10-24-12-13)11-21-17(22)14-7-5-6-8-15(14)19-18(21)23/h5-10,12,16H,3-4,11H2,1-2H3,(H,19,23)/t16-/m0/s1. The molecule has 0 spiro atoms. The maximum Gasteiger partial charge on any atom is 0.328 e. The van der Waals surface area contributed by atoms with Crippen molar-refractivity contribution in [3.63, 3.8) is 0 Å². The molecule has 24 heavy (non-hydrogen) atoms. The maximum absolute atomic E-state index is 12.8. The van der Waals surface area contributed by atoms with E-state index in [4.69, 9.17) is 0 Å². The number of rotatable bonds is 6. The summed E-state index contributed by atoms with van der Waals surface area (Å²) in [6.07, 6.45) is 0. The van der Waals surface area contributed by atoms with Gasteiger partial charge < -0.3 is 4.98 Å². The molecule has 1 N–H and O–H groups in total. The fraction of sp³-hybridized carbons (Fsp3) is 0.333. The second kappa shape index (κ2) is 7.15. The van der Waals surface area contributed by atoms with Gasteiger partial charge in [0.2, 0.25) is 0 Å². The maximum atomic E-state index is 12.8. The van der Waals surface area contributed by atoms with Crippen molar-refractivity contribution in [3.8, 4) is 0 Å². The van der Waals surface area contributed by atoms with Gasteiger partial charge in [-0.05, 0) is 47.6 Å². The lowest BCUT2D eigenvalue weighted by Gasteiger charge is -2.29. The molecule has 3 aromatic rings. The van der Waals surface area contributed by atoms with Gasteiger partial charge in [0, 0.05) is 0 Å². The Morgan fingerprint density at radius 3 is 2.58 bits per heavy atom. The Bertz CT molecular complexity index is 923. The normalized spacial score (nSPS) is 12.8. The van der Waals surface area contributed by atoms with Crippen LogP contribution in [0.25, 0.3) is 10.9 Å². The summed E-state index contributed by atoms with van der Waals surface area (Å²) in [4.78, 5) is 30.3. The Morgan fingerprint density at radius 1 is 1.17 bits per heavy atom. The van der Waals surface area contributed by atoms with Crippen LogP contribution in [0.1, 0.15) is 25.5 Å². The minimum Gasteiger partial charge on any atom is -0.307 e. The zero-order valence-electron chi connectivity index (χ0n) is 13.9. The number of fused-ring (bicyclic) bond motifs is 1. The van der Waals surface area contributed by atoms with Crippen molar-refractivity contribution in [1.29, 1.82) is 0 Å². The highest BCUT2D eigenvalue weighted by Gasteiger charge is 2.21. The molecule has 5 nitrogen and oxygen atoms in total. The summed E-state index contributed by atoms with van der Waals surface area (Å²) in [5.74, 6) is 0. The van der Waals surface area contributed by atoms with Crippen LogP contribution in [0.2, 0.25) is 0 Å². The Morgan fingerprint density at radius 2 is 1.92 bits per heavy atom. The fourth-order valence-electron chi connectivity index (χ4n) is 3.10. The van der Waals surface area contributed by atoms with E-state index in [0.717, 1.165) is 18.7 Å². The lowest BCUT2D eigenvalue weighted by Crippen LogP contribution is -2.40. The predicted molar refractivity (Wildman–Crippen MR) is 98.8 cm³/mol. The molecule has 0 saturated heterocycles. The molecule has 3 rings (SSSR count). The number of para-hydroxylation sites is 1. The molecule has 0 aliphatic carbocycles. The van der Waals surface area contributed by atoms with E-state index in [2.05, 4.69) is 35.2 Å². The van der Waals surface area contributed by atoms with E-state index in [1.807, 2.05) is 17.5 Å². The molecule has 0 unspecified atom stereocenters. The summed E-state index contributed by atoms with van der Waals surface area (Å²) in [5, 5.41) is 4.66. The zero-order chi connectivity index (χ0) is 17.1. The Balaban J connectivity index is 2.09. The molecule has 2 heterocycles. The van der Waals surface area contributed by atoms with E-state index in [1.54, 1.807) is 23.5 Å². The molecular weight excluding hydrogens is 322 g/mol. The summed E-state index contributed by atoms with van der Waals surface area (Å²) in [7, 11) is 0. The van der Waals surface area contributed by atoms with Crippen LogP contribution in [0.15, 0.2) is 50.7 Å². The minimum atomic E-state index is -0.355. The number of aromatic amines is 1. The van der Waals surface area contributed by atoms with Gasteiger partial charge in [-0.3, -0.25) is 14.3 Å². The van der Waals surface area contributed by atoms with Crippen molar-refractivity contribution in [3.05, 3.63) is 67.5 Å². The highest BCUT2D eigenvalue weighted by molar-refractivity contribution is 7.07. The number of H-pyrrole nitrogens is 1. The van der Waals surface area contributed by atoms with Crippen LogP contribution in [-0.4, -0.2) is 27.5 Å². The van der Waals surface area contributed by atoms with Gasteiger partial charge in [0.1, 0.15) is 0 Å². The van der Waals surface area contributed by atoms with Gasteiger partial charge in [0.25, 0.3) is 5.56 Å². The van der Waals surface area contributed by atoms with Crippen molar-refractivity contribution in [2.45, 2.75) is 26.4 Å². The van der Waals surface area contributed by atoms with Gasteiger partial charge in [-0.1, -0.05) is 26.0 Å². The van der Waals surface area contributed by atoms with E-state index in [9.17, 15) is 9.59 Å². The third-order valence-corrected chi connectivity index (χ3v) is 5.13. The summed E-state index contributed by atoms with van der Waals surface area (Å²) in [6.45, 7) is 6.25. The summed E-state index contributed by atoms with van der Waals surface area (Å²) < 4.78 is 1.32. The Hall–Kier alpha value is -2.18. The number of nitrogens with one attached hydrogen (secondary N) is 1. The third-order valence-electron chi connectivity index (χ3n) is 4.43. The molecule has 0 saturated carbocycles. The number of thiophene rings is 1. The molecule has 1 atom stereocenters. The molecule has 0 radical (unpaired) electrons. The number of nitrogens with zero attached hydrogens (tertiary/aromatic N) is 2. The molecule has 1 aromatic carbocycles. The van der Waals surface area contributed by atoms with Crippen molar-refractivity contribution in [2.24, 2.45) is 0 Å². The second-order valence-corrected chi connectivity index (χ2v) is 6.47. The summed E-state index contributed by atoms with van der Waals surface area (Å²) in [6, 6.07) is 9.20. The van der Waals surface area contributed by atoms with Crippen LogP contribution in [0, 0.1) is 0 Å². The molecule has 0 amide bonds. The van der Waals surface area contributed by atoms with Crippen LogP contribution < -0.4 is 11.2 Å². The van der Waals surface area contributed by atoms with Crippen molar-refractivity contribution in [1.82, 2.24) is 14.5 Å². The van der Waals surface area contributed by atoms with E-state index in [0.29, 0.717) is 17.4 Å². The van der Waals surface area contributed by atoms with Crippen molar-refractivity contribution >= 4 is 22.2 Å². The summed E-state index contributed by atoms with van der Waals surface area (Å²) in [5.41, 5.74) is 1.13. The fourth-order valence-corrected chi connectivity index (χ4v) is 3.81. The summed E-state index contributed by atoms with van der Waals surface area (Å²) >= 11 is 1.63. The van der Waals surface area contributed by atoms with Crippen LogP contribution in [0.5, 0.6) is 0 Å². The van der Waals surface area contributed by atoms with Crippen molar-refractivity contribution in [2.75, 3.05) is 13.1 Å². The number of benzene rings is 1. The largest absolute Gasteiger partial charge is 0.328 e. The third kappa shape index (κ3) is 3.07. The van der Waals surface area contributed by atoms with Gasteiger partial charge in [-0.15, -0.1) is 0 Å². The number of aromatic nitrogens is 2. The van der Waals surface area contributed by atoms with Gasteiger partial charge >= 0.3 is 5.69 Å². The first kappa shape index (κ1) is 16.7. The molecule has 2 aromatic heterocycles. The van der Waals surface area contributed by atoms with Gasteiger partial charge in [-0.25, -0.2) is 4.79 Å². The predicted octanol–water partition coefficient (Wildman–Crippen LogP) is 2.83. The first-order chi connectivity index (χ1) is 11.7. The number of hydrogen-bond acceptors (Lipinski definition) is 4. The van der Waals surface area contributed by atoms with Gasteiger partial charge in [0.15, 0.2) is 0 Å². The molecule has 6 heteroatoms. The zero-order valence-corrected chi connectivity index (χ0v) is 14.7. The second-order valence-electron chi connectivity index (χ2n) is 5.69. The van der Waals surface area contributed by atoms with Crippen molar-refractivity contribution < 1.29 is 0 Å². The van der Waals surface area contributed by atoms with Gasteiger partial charge in [0.05, 0.1) is 23.5 Å². The topological polar surface area (TPSA) is 58.1 Å². The SMILES string of the molecule is CCN(CC)[C@@H](Cn1c(=O)[nH]c2ccccc2c1=O)c1ccsc1. The minimum absolute atomic E-state index is 0.00575. The van der Waals surface area contributed by atoms with Crippen LogP contribution >= 0.6 is 11.3 Å². The molecular formula is C18H21N3O2S. The smallest absolute Gasteiger partial charge is 0.307 e. The molecule has 126 valence electrons. The Kier molecular flexibility index (Phi) is 4.97. The van der Waals surface area contributed by atoms with Gasteiger partial charge in [-0.2, -0.15) is 11.3 Å². The monoisotopic (exact) mass is 343 g/mol. The van der Waals surface area contributed by atoms with E-state index in [-0.39, 0.29) is 17.3 Å². The van der Waals surface area contributed by atoms with Crippen LogP contribution in [-0.2, 0) is 6.54 Å². The Labute approximate surface area is 144 Å². The van der Waals surface area contributed by atoms with Crippen LogP contribution in [0.4, 0.5) is 0 Å².